The summed E-state index contributed by atoms with van der Waals surface area (Å²) in [5, 5.41) is 13.6. The summed E-state index contributed by atoms with van der Waals surface area (Å²) in [6, 6.07) is 0.761. The molecule has 0 aliphatic heterocycles. The van der Waals surface area contributed by atoms with Crippen LogP contribution in [0, 0.1) is 29.1 Å². The van der Waals surface area contributed by atoms with Crippen LogP contribution in [0.2, 0.25) is 0 Å². The van der Waals surface area contributed by atoms with Gasteiger partial charge in [0.25, 0.3) is 0 Å². The molecule has 4 saturated carbocycles. The highest BCUT2D eigenvalue weighted by molar-refractivity contribution is 5.01. The summed E-state index contributed by atoms with van der Waals surface area (Å²) in [7, 11) is 0. The van der Waals surface area contributed by atoms with Gasteiger partial charge in [-0.05, 0) is 68.6 Å². The molecule has 4 aliphatic rings. The molecule has 0 aromatic heterocycles. The topological polar surface area (TPSA) is 32.3 Å². The van der Waals surface area contributed by atoms with Crippen LogP contribution < -0.4 is 5.32 Å². The summed E-state index contributed by atoms with van der Waals surface area (Å²) in [6.07, 6.45) is 9.62. The maximum atomic E-state index is 9.72. The Morgan fingerprint density at radius 2 is 1.47 bits per heavy atom. The van der Waals surface area contributed by atoms with E-state index in [1.165, 1.54) is 32.1 Å². The molecule has 0 aromatic carbocycles. The highest BCUT2D eigenvalue weighted by atomic mass is 16.3. The average molecular weight is 265 g/mol. The molecule has 2 N–H and O–H groups in total. The molecule has 4 aliphatic carbocycles. The minimum absolute atomic E-state index is 0.120. The van der Waals surface area contributed by atoms with Gasteiger partial charge in [-0.3, -0.25) is 0 Å². The van der Waals surface area contributed by atoms with Crippen LogP contribution in [0.5, 0.6) is 0 Å². The van der Waals surface area contributed by atoms with Crippen molar-refractivity contribution >= 4 is 0 Å². The van der Waals surface area contributed by atoms with E-state index in [1.807, 2.05) is 0 Å². The van der Waals surface area contributed by atoms with E-state index in [4.69, 9.17) is 0 Å². The van der Waals surface area contributed by atoms with E-state index in [9.17, 15) is 5.11 Å². The van der Waals surface area contributed by atoms with E-state index >= 15 is 0 Å². The monoisotopic (exact) mass is 265 g/mol. The third-order valence-electron chi connectivity index (χ3n) is 6.77. The Kier molecular flexibility index (Phi) is 3.92. The molecule has 4 rings (SSSR count). The minimum atomic E-state index is 0.120. The first-order chi connectivity index (χ1) is 9.19. The van der Waals surface area contributed by atoms with Gasteiger partial charge in [-0.2, -0.15) is 0 Å². The lowest BCUT2D eigenvalue weighted by Gasteiger charge is -2.55. The molecule has 2 heteroatoms. The van der Waals surface area contributed by atoms with Gasteiger partial charge in [-0.25, -0.2) is 0 Å². The van der Waals surface area contributed by atoms with Crippen molar-refractivity contribution in [3.05, 3.63) is 0 Å². The Morgan fingerprint density at radius 3 is 1.89 bits per heavy atom. The van der Waals surface area contributed by atoms with E-state index in [-0.39, 0.29) is 5.41 Å². The summed E-state index contributed by atoms with van der Waals surface area (Å²) in [5.74, 6) is 4.00. The van der Waals surface area contributed by atoms with Crippen molar-refractivity contribution in [3.63, 3.8) is 0 Å². The zero-order valence-electron chi connectivity index (χ0n) is 12.7. The zero-order valence-corrected chi connectivity index (χ0v) is 12.7. The molecule has 0 radical (unpaired) electrons. The minimum Gasteiger partial charge on any atom is -0.396 e. The van der Waals surface area contributed by atoms with E-state index in [0.29, 0.717) is 6.61 Å². The van der Waals surface area contributed by atoms with Crippen LogP contribution in [0.4, 0.5) is 0 Å². The molecule has 0 aromatic rings. The molecule has 4 bridgehead atoms. The lowest BCUT2D eigenvalue weighted by molar-refractivity contribution is -0.0203. The number of nitrogens with one attached hydrogen (secondary N) is 1. The fraction of sp³-hybridized carbons (Fsp3) is 1.00. The molecule has 0 amide bonds. The van der Waals surface area contributed by atoms with Crippen LogP contribution in [0.15, 0.2) is 0 Å². The third-order valence-corrected chi connectivity index (χ3v) is 6.77. The van der Waals surface area contributed by atoms with Crippen LogP contribution in [-0.2, 0) is 0 Å². The highest BCUT2D eigenvalue weighted by Crippen LogP contribution is 2.53. The maximum absolute atomic E-state index is 9.72. The standard InChI is InChI=1S/C17H31NO/c1-3-17(4-2,11-19)10-18-16-14-6-12-5-13(8-14)9-15(16)7-12/h12-16,18-19H,3-11H2,1-2H3. The van der Waals surface area contributed by atoms with Gasteiger partial charge in [0.2, 0.25) is 0 Å². The van der Waals surface area contributed by atoms with Gasteiger partial charge < -0.3 is 10.4 Å². The van der Waals surface area contributed by atoms with Gasteiger partial charge in [0, 0.05) is 24.6 Å². The Labute approximate surface area is 118 Å². The van der Waals surface area contributed by atoms with Crippen LogP contribution in [0.3, 0.4) is 0 Å². The van der Waals surface area contributed by atoms with E-state index in [1.54, 1.807) is 0 Å². The molecule has 0 spiro atoms. The summed E-state index contributed by atoms with van der Waals surface area (Å²) in [5.41, 5.74) is 0.120. The Hall–Kier alpha value is -0.0800. The van der Waals surface area contributed by atoms with Crippen molar-refractivity contribution in [3.8, 4) is 0 Å². The van der Waals surface area contributed by atoms with Crippen molar-refractivity contribution in [1.29, 1.82) is 0 Å². The predicted octanol–water partition coefficient (Wildman–Crippen LogP) is 3.20. The average Bonchev–Trinajstić information content (AvgIpc) is 2.42. The number of rotatable bonds is 6. The zero-order chi connectivity index (χ0) is 13.5. The first kappa shape index (κ1) is 13.9. The number of hydrogen-bond acceptors (Lipinski definition) is 2. The van der Waals surface area contributed by atoms with Gasteiger partial charge in [0.1, 0.15) is 0 Å². The second-order valence-corrected chi connectivity index (χ2v) is 7.70. The summed E-state index contributed by atoms with van der Waals surface area (Å²) in [6.45, 7) is 5.79. The van der Waals surface area contributed by atoms with Gasteiger partial charge >= 0.3 is 0 Å². The predicted molar refractivity (Wildman–Crippen MR) is 78.9 cm³/mol. The molecule has 2 nitrogen and oxygen atoms in total. The van der Waals surface area contributed by atoms with Crippen molar-refractivity contribution in [2.45, 2.75) is 64.8 Å². The fourth-order valence-electron chi connectivity index (χ4n) is 5.37. The maximum Gasteiger partial charge on any atom is 0.0499 e. The Bertz CT molecular complexity index is 274. The van der Waals surface area contributed by atoms with E-state index < -0.39 is 0 Å². The number of hydrogen-bond donors (Lipinski definition) is 2. The first-order valence-corrected chi connectivity index (χ1v) is 8.54. The Morgan fingerprint density at radius 1 is 0.947 bits per heavy atom. The van der Waals surface area contributed by atoms with Crippen LogP contribution in [0.1, 0.15) is 58.8 Å². The van der Waals surface area contributed by atoms with Gasteiger partial charge in [0.05, 0.1) is 0 Å². The molecule has 0 saturated heterocycles. The van der Waals surface area contributed by atoms with E-state index in [2.05, 4.69) is 19.2 Å². The van der Waals surface area contributed by atoms with Crippen molar-refractivity contribution in [1.82, 2.24) is 5.32 Å². The molecule has 0 unspecified atom stereocenters. The van der Waals surface area contributed by atoms with Gasteiger partial charge in [-0.1, -0.05) is 13.8 Å². The first-order valence-electron chi connectivity index (χ1n) is 8.54. The normalized spacial score (nSPS) is 40.9. The second-order valence-electron chi connectivity index (χ2n) is 7.70. The van der Waals surface area contributed by atoms with Crippen LogP contribution >= 0.6 is 0 Å². The quantitative estimate of drug-likeness (QED) is 0.773. The summed E-state index contributed by atoms with van der Waals surface area (Å²) >= 11 is 0. The van der Waals surface area contributed by atoms with Crippen LogP contribution in [-0.4, -0.2) is 24.3 Å². The molecule has 0 atom stereocenters. The fourth-order valence-corrected chi connectivity index (χ4v) is 5.37. The third kappa shape index (κ3) is 2.47. The number of aliphatic hydroxyl groups excluding tert-OH is 1. The van der Waals surface area contributed by atoms with Gasteiger partial charge in [-0.15, -0.1) is 0 Å². The summed E-state index contributed by atoms with van der Waals surface area (Å²) < 4.78 is 0. The van der Waals surface area contributed by atoms with Crippen molar-refractivity contribution < 1.29 is 5.11 Å². The highest BCUT2D eigenvalue weighted by Gasteiger charge is 2.48. The van der Waals surface area contributed by atoms with Crippen LogP contribution in [0.25, 0.3) is 0 Å². The largest absolute Gasteiger partial charge is 0.396 e. The second kappa shape index (κ2) is 5.37. The SMILES string of the molecule is CCC(CC)(CO)CNC1C2CC3CC(C2)CC1C3. The number of aliphatic hydroxyl groups is 1. The molecule has 4 fully saturated rings. The van der Waals surface area contributed by atoms with E-state index in [0.717, 1.165) is 49.1 Å². The van der Waals surface area contributed by atoms with Crippen molar-refractivity contribution in [2.24, 2.45) is 29.1 Å². The lowest BCUT2D eigenvalue weighted by atomic mass is 9.54. The molecule has 110 valence electrons. The molecular weight excluding hydrogens is 234 g/mol. The van der Waals surface area contributed by atoms with Crippen molar-refractivity contribution in [2.75, 3.05) is 13.2 Å². The van der Waals surface area contributed by atoms with Gasteiger partial charge in [0.15, 0.2) is 0 Å². The molecule has 19 heavy (non-hydrogen) atoms. The molecular formula is C17H31NO. The summed E-state index contributed by atoms with van der Waals surface area (Å²) in [4.78, 5) is 0. The Balaban J connectivity index is 1.61. The smallest absolute Gasteiger partial charge is 0.0499 e. The lowest BCUT2D eigenvalue weighted by Crippen LogP contribution is -2.56. The molecule has 0 heterocycles.